The molecule has 8 heteroatoms. The van der Waals surface area contributed by atoms with Gasteiger partial charge >= 0.3 is 0 Å². The number of nitrogens with one attached hydrogen (secondary N) is 1. The zero-order valence-corrected chi connectivity index (χ0v) is 20.1. The average molecular weight is 498 g/mol. The lowest BCUT2D eigenvalue weighted by molar-refractivity contribution is -0.118. The lowest BCUT2D eigenvalue weighted by Crippen LogP contribution is -2.20. The van der Waals surface area contributed by atoms with Crippen molar-refractivity contribution in [1.29, 1.82) is 0 Å². The number of halogens is 1. The van der Waals surface area contributed by atoms with Crippen molar-refractivity contribution < 1.29 is 4.79 Å². The highest BCUT2D eigenvalue weighted by Crippen LogP contribution is 2.28. The Balaban J connectivity index is 1.32. The van der Waals surface area contributed by atoms with Crippen LogP contribution >= 0.6 is 23.4 Å². The summed E-state index contributed by atoms with van der Waals surface area (Å²) in [6.45, 7) is 0. The maximum absolute atomic E-state index is 12.5. The molecule has 0 atom stereocenters. The van der Waals surface area contributed by atoms with E-state index in [1.54, 1.807) is 6.21 Å². The SMILES string of the molecule is O=C(CSc1nnc(-c2ccccc2)n1-c1ccc(Cl)cc1)N/N=C/c1cccc2ccccc12. The lowest BCUT2D eigenvalue weighted by Gasteiger charge is -2.10. The van der Waals surface area contributed by atoms with Gasteiger partial charge in [-0.1, -0.05) is 96.2 Å². The number of benzene rings is 4. The summed E-state index contributed by atoms with van der Waals surface area (Å²) in [5.74, 6) is 0.580. The molecule has 5 aromatic rings. The summed E-state index contributed by atoms with van der Waals surface area (Å²) in [7, 11) is 0. The van der Waals surface area contributed by atoms with Gasteiger partial charge in [0.05, 0.1) is 12.0 Å². The van der Waals surface area contributed by atoms with E-state index in [2.05, 4.69) is 20.7 Å². The zero-order chi connectivity index (χ0) is 24.0. The Kier molecular flexibility index (Phi) is 6.88. The minimum absolute atomic E-state index is 0.132. The Hall–Kier alpha value is -3.94. The van der Waals surface area contributed by atoms with Crippen molar-refractivity contribution >= 4 is 46.3 Å². The van der Waals surface area contributed by atoms with Gasteiger partial charge in [-0.25, -0.2) is 5.43 Å². The standard InChI is InChI=1S/C27H20ClN5OS/c28-22-13-15-23(16-14-22)33-26(20-8-2-1-3-9-20)31-32-27(33)35-18-25(34)30-29-17-21-11-6-10-19-7-4-5-12-24(19)21/h1-17H,18H2,(H,30,34)/b29-17+. The van der Waals surface area contributed by atoms with Gasteiger partial charge in [0.15, 0.2) is 11.0 Å². The molecule has 0 spiro atoms. The van der Waals surface area contributed by atoms with Crippen molar-refractivity contribution in [2.45, 2.75) is 5.16 Å². The molecule has 4 aromatic carbocycles. The number of aromatic nitrogens is 3. The van der Waals surface area contributed by atoms with E-state index in [1.807, 2.05) is 102 Å². The van der Waals surface area contributed by atoms with Crippen LogP contribution in [0.1, 0.15) is 5.56 Å². The number of carbonyl (C=O) groups excluding carboxylic acids is 1. The van der Waals surface area contributed by atoms with E-state index < -0.39 is 0 Å². The van der Waals surface area contributed by atoms with E-state index in [4.69, 9.17) is 11.6 Å². The van der Waals surface area contributed by atoms with E-state index in [0.29, 0.717) is 16.0 Å². The number of hydrogen-bond donors (Lipinski definition) is 1. The van der Waals surface area contributed by atoms with Gasteiger partial charge in [0.2, 0.25) is 0 Å². The van der Waals surface area contributed by atoms with Gasteiger partial charge in [-0.2, -0.15) is 5.10 Å². The third kappa shape index (κ3) is 5.26. The van der Waals surface area contributed by atoms with Crippen molar-refractivity contribution in [3.05, 3.63) is 108 Å². The predicted octanol–water partition coefficient (Wildman–Crippen LogP) is 5.98. The molecule has 0 radical (unpaired) electrons. The molecule has 0 fully saturated rings. The molecule has 0 saturated heterocycles. The van der Waals surface area contributed by atoms with E-state index >= 15 is 0 Å². The summed E-state index contributed by atoms with van der Waals surface area (Å²) in [6.07, 6.45) is 1.66. The maximum Gasteiger partial charge on any atom is 0.250 e. The molecule has 1 heterocycles. The van der Waals surface area contributed by atoms with Crippen molar-refractivity contribution in [3.8, 4) is 17.1 Å². The lowest BCUT2D eigenvalue weighted by atomic mass is 10.1. The van der Waals surface area contributed by atoms with E-state index in [0.717, 1.165) is 27.6 Å². The van der Waals surface area contributed by atoms with Gasteiger partial charge in [0.1, 0.15) is 0 Å². The zero-order valence-electron chi connectivity index (χ0n) is 18.5. The fourth-order valence-corrected chi connectivity index (χ4v) is 4.53. The normalized spacial score (nSPS) is 11.2. The van der Waals surface area contributed by atoms with Crippen LogP contribution in [-0.2, 0) is 4.79 Å². The van der Waals surface area contributed by atoms with Crippen LogP contribution < -0.4 is 5.43 Å². The molecule has 0 bridgehead atoms. The summed E-state index contributed by atoms with van der Waals surface area (Å²) in [5, 5.41) is 16.3. The molecule has 1 amide bonds. The average Bonchev–Trinajstić information content (AvgIpc) is 3.32. The highest BCUT2D eigenvalue weighted by molar-refractivity contribution is 7.99. The molecule has 0 unspecified atom stereocenters. The molecule has 1 aromatic heterocycles. The third-order valence-electron chi connectivity index (χ3n) is 5.30. The second kappa shape index (κ2) is 10.5. The molecular formula is C27H20ClN5OS. The number of thioether (sulfide) groups is 1. The van der Waals surface area contributed by atoms with E-state index in [1.165, 1.54) is 11.8 Å². The number of amides is 1. The summed E-state index contributed by atoms with van der Waals surface area (Å²) in [6, 6.07) is 31.2. The van der Waals surface area contributed by atoms with Crippen molar-refractivity contribution in [2.24, 2.45) is 5.10 Å². The number of hydrazone groups is 1. The Morgan fingerprint density at radius 2 is 1.66 bits per heavy atom. The largest absolute Gasteiger partial charge is 0.272 e. The summed E-state index contributed by atoms with van der Waals surface area (Å²) >= 11 is 7.37. The van der Waals surface area contributed by atoms with Crippen molar-refractivity contribution in [1.82, 2.24) is 20.2 Å². The molecule has 0 aliphatic carbocycles. The topological polar surface area (TPSA) is 72.2 Å². The Bertz CT molecular complexity index is 1490. The highest BCUT2D eigenvalue weighted by Gasteiger charge is 2.17. The first-order chi connectivity index (χ1) is 17.2. The third-order valence-corrected chi connectivity index (χ3v) is 6.48. The first-order valence-electron chi connectivity index (χ1n) is 10.9. The number of hydrogen-bond acceptors (Lipinski definition) is 5. The van der Waals surface area contributed by atoms with Gasteiger partial charge < -0.3 is 0 Å². The molecule has 6 nitrogen and oxygen atoms in total. The number of fused-ring (bicyclic) bond motifs is 1. The fourth-order valence-electron chi connectivity index (χ4n) is 3.66. The summed E-state index contributed by atoms with van der Waals surface area (Å²) in [4.78, 5) is 12.5. The monoisotopic (exact) mass is 497 g/mol. The van der Waals surface area contributed by atoms with Crippen LogP contribution in [0.15, 0.2) is 107 Å². The molecule has 172 valence electrons. The van der Waals surface area contributed by atoms with Gasteiger partial charge in [-0.05, 0) is 35.0 Å². The van der Waals surface area contributed by atoms with Crippen LogP contribution in [0.3, 0.4) is 0 Å². The number of carbonyl (C=O) groups is 1. The Morgan fingerprint density at radius 1 is 0.914 bits per heavy atom. The smallest absolute Gasteiger partial charge is 0.250 e. The second-order valence-corrected chi connectivity index (χ2v) is 9.01. The molecule has 0 saturated carbocycles. The van der Waals surface area contributed by atoms with Gasteiger partial charge in [-0.3, -0.25) is 9.36 Å². The predicted molar refractivity (Wildman–Crippen MR) is 142 cm³/mol. The summed E-state index contributed by atoms with van der Waals surface area (Å²) in [5.41, 5.74) is 5.32. The van der Waals surface area contributed by atoms with E-state index in [-0.39, 0.29) is 11.7 Å². The first kappa shape index (κ1) is 22.8. The summed E-state index contributed by atoms with van der Waals surface area (Å²) < 4.78 is 1.92. The molecular weight excluding hydrogens is 478 g/mol. The van der Waals surface area contributed by atoms with E-state index in [9.17, 15) is 4.79 Å². The van der Waals surface area contributed by atoms with Gasteiger partial charge in [0.25, 0.3) is 5.91 Å². The maximum atomic E-state index is 12.5. The van der Waals surface area contributed by atoms with Crippen LogP contribution in [0.25, 0.3) is 27.8 Å². The number of rotatable bonds is 7. The van der Waals surface area contributed by atoms with Crippen molar-refractivity contribution in [2.75, 3.05) is 5.75 Å². The van der Waals surface area contributed by atoms with Gasteiger partial charge in [-0.15, -0.1) is 10.2 Å². The molecule has 0 aliphatic heterocycles. The Labute approximate surface area is 211 Å². The molecule has 35 heavy (non-hydrogen) atoms. The molecule has 1 N–H and O–H groups in total. The minimum Gasteiger partial charge on any atom is -0.272 e. The molecule has 5 rings (SSSR count). The Morgan fingerprint density at radius 3 is 2.49 bits per heavy atom. The number of nitrogens with zero attached hydrogens (tertiary/aromatic N) is 4. The minimum atomic E-state index is -0.238. The van der Waals surface area contributed by atoms with Gasteiger partial charge in [0, 0.05) is 21.8 Å². The molecule has 0 aliphatic rings. The van der Waals surface area contributed by atoms with Crippen LogP contribution in [0.4, 0.5) is 0 Å². The van der Waals surface area contributed by atoms with Crippen LogP contribution in [0, 0.1) is 0 Å². The highest BCUT2D eigenvalue weighted by atomic mass is 35.5. The van der Waals surface area contributed by atoms with Crippen molar-refractivity contribution in [3.63, 3.8) is 0 Å². The fraction of sp³-hybridized carbons (Fsp3) is 0.0370. The van der Waals surface area contributed by atoms with Crippen LogP contribution in [-0.4, -0.2) is 32.6 Å². The first-order valence-corrected chi connectivity index (χ1v) is 12.2. The quantitative estimate of drug-likeness (QED) is 0.170. The van der Waals surface area contributed by atoms with Crippen LogP contribution in [0.2, 0.25) is 5.02 Å². The second-order valence-electron chi connectivity index (χ2n) is 7.63. The van der Waals surface area contributed by atoms with Crippen LogP contribution in [0.5, 0.6) is 0 Å².